The normalized spacial score (nSPS) is 21.1. The van der Waals surface area contributed by atoms with Crippen LogP contribution in [-0.4, -0.2) is 22.6 Å². The van der Waals surface area contributed by atoms with Crippen LogP contribution in [-0.2, 0) is 22.5 Å². The monoisotopic (exact) mass is 350 g/mol. The Bertz CT molecular complexity index is 799. The van der Waals surface area contributed by atoms with Gasteiger partial charge in [0, 0.05) is 17.4 Å². The van der Waals surface area contributed by atoms with Crippen LogP contribution in [0.15, 0.2) is 27.5 Å². The summed E-state index contributed by atoms with van der Waals surface area (Å²) in [6.45, 7) is 2.15. The van der Waals surface area contributed by atoms with Crippen LogP contribution in [0.3, 0.4) is 0 Å². The number of halogens is 1. The number of ether oxygens (including phenoxy) is 1. The summed E-state index contributed by atoms with van der Waals surface area (Å²) < 4.78 is 7.37. The zero-order valence-corrected chi connectivity index (χ0v) is 13.4. The van der Waals surface area contributed by atoms with Gasteiger partial charge >= 0.3 is 5.97 Å². The molecule has 0 saturated heterocycles. The number of fused-ring (bicyclic) bond motifs is 2. The standard InChI is InChI=1S/C15H15BrN2O3/c1-15(14(20)21-2)6-5-12-17-11-7-9(16)3-4-10(11)13(19)18(12)8-15/h3-4,7H,5-6,8H2,1-2H3. The molecular weight excluding hydrogens is 336 g/mol. The van der Waals surface area contributed by atoms with E-state index in [2.05, 4.69) is 20.9 Å². The molecule has 2 aromatic rings. The Morgan fingerprint density at radius 1 is 1.48 bits per heavy atom. The molecule has 1 aliphatic rings. The van der Waals surface area contributed by atoms with Gasteiger partial charge in [-0.1, -0.05) is 15.9 Å². The first-order chi connectivity index (χ1) is 9.94. The van der Waals surface area contributed by atoms with Crippen LogP contribution < -0.4 is 5.56 Å². The van der Waals surface area contributed by atoms with Crippen LogP contribution >= 0.6 is 15.9 Å². The SMILES string of the molecule is COC(=O)C1(C)CCc2nc3cc(Br)ccc3c(=O)n2C1. The Morgan fingerprint density at radius 3 is 2.95 bits per heavy atom. The topological polar surface area (TPSA) is 61.2 Å². The van der Waals surface area contributed by atoms with Gasteiger partial charge in [-0.2, -0.15) is 0 Å². The molecule has 0 N–H and O–H groups in total. The molecule has 0 spiro atoms. The third-order valence-electron chi connectivity index (χ3n) is 4.08. The number of benzene rings is 1. The number of esters is 1. The van der Waals surface area contributed by atoms with Crippen molar-refractivity contribution in [2.75, 3.05) is 7.11 Å². The van der Waals surface area contributed by atoms with E-state index in [-0.39, 0.29) is 11.5 Å². The molecule has 0 saturated carbocycles. The maximum Gasteiger partial charge on any atom is 0.313 e. The van der Waals surface area contributed by atoms with E-state index >= 15 is 0 Å². The number of aryl methyl sites for hydroxylation is 1. The number of carbonyl (C=O) groups is 1. The summed E-state index contributed by atoms with van der Waals surface area (Å²) in [5.41, 5.74) is -0.0874. The number of hydrogen-bond donors (Lipinski definition) is 0. The van der Waals surface area contributed by atoms with Gasteiger partial charge in [0.25, 0.3) is 5.56 Å². The Kier molecular flexibility index (Phi) is 3.36. The fourth-order valence-corrected chi connectivity index (χ4v) is 3.17. The van der Waals surface area contributed by atoms with Crippen LogP contribution in [0.25, 0.3) is 10.9 Å². The van der Waals surface area contributed by atoms with E-state index in [1.54, 1.807) is 10.6 Å². The molecule has 1 aliphatic heterocycles. The van der Waals surface area contributed by atoms with Crippen molar-refractivity contribution in [3.63, 3.8) is 0 Å². The van der Waals surface area contributed by atoms with Crippen LogP contribution in [0.1, 0.15) is 19.2 Å². The Hall–Kier alpha value is -1.69. The summed E-state index contributed by atoms with van der Waals surface area (Å²) in [6.07, 6.45) is 1.22. The van der Waals surface area contributed by atoms with Gasteiger partial charge in [-0.3, -0.25) is 14.2 Å². The largest absolute Gasteiger partial charge is 0.469 e. The molecule has 0 radical (unpaired) electrons. The lowest BCUT2D eigenvalue weighted by Crippen LogP contribution is -2.43. The summed E-state index contributed by atoms with van der Waals surface area (Å²) in [6, 6.07) is 5.42. The predicted octanol–water partition coefficient (Wildman–Crippen LogP) is 2.28. The van der Waals surface area contributed by atoms with Crippen molar-refractivity contribution >= 4 is 32.8 Å². The summed E-state index contributed by atoms with van der Waals surface area (Å²) in [4.78, 5) is 29.2. The quantitative estimate of drug-likeness (QED) is 0.740. The van der Waals surface area contributed by atoms with Gasteiger partial charge in [0.1, 0.15) is 5.82 Å². The number of aromatic nitrogens is 2. The van der Waals surface area contributed by atoms with Gasteiger partial charge in [-0.25, -0.2) is 4.98 Å². The first-order valence-corrected chi connectivity index (χ1v) is 7.51. The molecule has 6 heteroatoms. The van der Waals surface area contributed by atoms with Gasteiger partial charge in [0.05, 0.1) is 23.4 Å². The minimum absolute atomic E-state index is 0.0997. The van der Waals surface area contributed by atoms with Crippen LogP contribution in [0, 0.1) is 5.41 Å². The third-order valence-corrected chi connectivity index (χ3v) is 4.58. The van der Waals surface area contributed by atoms with Gasteiger partial charge in [-0.15, -0.1) is 0 Å². The van der Waals surface area contributed by atoms with Crippen molar-refractivity contribution in [2.24, 2.45) is 5.41 Å². The smallest absolute Gasteiger partial charge is 0.313 e. The van der Waals surface area contributed by atoms with Crippen LogP contribution in [0.2, 0.25) is 0 Å². The van der Waals surface area contributed by atoms with Crippen LogP contribution in [0.4, 0.5) is 0 Å². The molecule has 0 fully saturated rings. The maximum absolute atomic E-state index is 12.6. The first kappa shape index (κ1) is 14.3. The van der Waals surface area contributed by atoms with E-state index in [4.69, 9.17) is 4.74 Å². The van der Waals surface area contributed by atoms with Gasteiger partial charge in [0.2, 0.25) is 0 Å². The second kappa shape index (κ2) is 4.94. The second-order valence-corrected chi connectivity index (χ2v) is 6.55. The van der Waals surface area contributed by atoms with Gasteiger partial charge in [-0.05, 0) is 31.5 Å². The van der Waals surface area contributed by atoms with Crippen molar-refractivity contribution in [1.29, 1.82) is 0 Å². The highest BCUT2D eigenvalue weighted by Gasteiger charge is 2.39. The minimum atomic E-state index is -0.670. The highest BCUT2D eigenvalue weighted by molar-refractivity contribution is 9.10. The average molecular weight is 351 g/mol. The van der Waals surface area contributed by atoms with Crippen molar-refractivity contribution in [3.8, 4) is 0 Å². The molecule has 2 heterocycles. The Balaban J connectivity index is 2.17. The second-order valence-electron chi connectivity index (χ2n) is 5.63. The molecule has 1 atom stereocenters. The fraction of sp³-hybridized carbons (Fsp3) is 0.400. The Labute approximate surface area is 130 Å². The van der Waals surface area contributed by atoms with Crippen molar-refractivity contribution in [2.45, 2.75) is 26.3 Å². The highest BCUT2D eigenvalue weighted by atomic mass is 79.9. The first-order valence-electron chi connectivity index (χ1n) is 6.72. The lowest BCUT2D eigenvalue weighted by molar-refractivity contribution is -0.153. The van der Waals surface area contributed by atoms with Crippen molar-refractivity contribution in [1.82, 2.24) is 9.55 Å². The third kappa shape index (κ3) is 2.27. The van der Waals surface area contributed by atoms with E-state index in [1.807, 2.05) is 19.1 Å². The number of rotatable bonds is 1. The zero-order chi connectivity index (χ0) is 15.2. The van der Waals surface area contributed by atoms with Crippen LogP contribution in [0.5, 0.6) is 0 Å². The molecule has 1 aromatic carbocycles. The molecule has 3 rings (SSSR count). The molecule has 5 nitrogen and oxygen atoms in total. The van der Waals surface area contributed by atoms with E-state index in [9.17, 15) is 9.59 Å². The lowest BCUT2D eigenvalue weighted by atomic mass is 9.82. The van der Waals surface area contributed by atoms with Crippen molar-refractivity contribution in [3.05, 3.63) is 38.9 Å². The molecule has 0 bridgehead atoms. The fourth-order valence-electron chi connectivity index (χ4n) is 2.82. The van der Waals surface area contributed by atoms with Gasteiger partial charge in [0.15, 0.2) is 0 Å². The summed E-state index contributed by atoms with van der Waals surface area (Å²) in [5, 5.41) is 0.566. The molecular formula is C15H15BrN2O3. The highest BCUT2D eigenvalue weighted by Crippen LogP contribution is 2.31. The predicted molar refractivity (Wildman–Crippen MR) is 82.1 cm³/mol. The minimum Gasteiger partial charge on any atom is -0.469 e. The number of carbonyl (C=O) groups excluding carboxylic acids is 1. The van der Waals surface area contributed by atoms with E-state index in [0.717, 1.165) is 10.3 Å². The van der Waals surface area contributed by atoms with E-state index < -0.39 is 5.41 Å². The summed E-state index contributed by atoms with van der Waals surface area (Å²) >= 11 is 3.39. The number of hydrogen-bond acceptors (Lipinski definition) is 4. The molecule has 110 valence electrons. The maximum atomic E-state index is 12.6. The van der Waals surface area contributed by atoms with E-state index in [1.165, 1.54) is 7.11 Å². The summed E-state index contributed by atoms with van der Waals surface area (Å²) in [7, 11) is 1.38. The number of methoxy groups -OCH3 is 1. The molecule has 0 aliphatic carbocycles. The summed E-state index contributed by atoms with van der Waals surface area (Å²) in [5.74, 6) is 0.447. The molecule has 0 amide bonds. The average Bonchev–Trinajstić information content (AvgIpc) is 2.47. The van der Waals surface area contributed by atoms with Crippen molar-refractivity contribution < 1.29 is 9.53 Å². The molecule has 1 unspecified atom stereocenters. The zero-order valence-electron chi connectivity index (χ0n) is 11.9. The molecule has 1 aromatic heterocycles. The Morgan fingerprint density at radius 2 is 2.24 bits per heavy atom. The number of nitrogens with zero attached hydrogens (tertiary/aromatic N) is 2. The van der Waals surface area contributed by atoms with E-state index in [0.29, 0.717) is 30.3 Å². The molecule has 21 heavy (non-hydrogen) atoms. The lowest BCUT2D eigenvalue weighted by Gasteiger charge is -2.32. The van der Waals surface area contributed by atoms with Gasteiger partial charge < -0.3 is 4.74 Å².